The Balaban J connectivity index is 1.85. The summed E-state index contributed by atoms with van der Waals surface area (Å²) < 4.78 is 27.6. The van der Waals surface area contributed by atoms with E-state index in [1.165, 1.54) is 26.7 Å². The number of amides is 1. The van der Waals surface area contributed by atoms with Gasteiger partial charge in [-0.2, -0.15) is 4.31 Å². The molecule has 8 heteroatoms. The van der Waals surface area contributed by atoms with Gasteiger partial charge in [-0.1, -0.05) is 0 Å². The zero-order valence-electron chi connectivity index (χ0n) is 12.4. The van der Waals surface area contributed by atoms with Crippen molar-refractivity contribution in [2.45, 2.75) is 11.3 Å². The molecule has 118 valence electrons. The lowest BCUT2D eigenvalue weighted by atomic mass is 10.1. The Kier molecular flexibility index (Phi) is 3.92. The van der Waals surface area contributed by atoms with Crippen LogP contribution in [0.15, 0.2) is 28.6 Å². The SMILES string of the molecule is CN(C)C(=O)C1CCN(S(=O)(=O)c2cnc3ccsc3c2)C1. The van der Waals surface area contributed by atoms with E-state index in [1.54, 1.807) is 20.2 Å². The fourth-order valence-electron chi connectivity index (χ4n) is 2.63. The first-order valence-electron chi connectivity index (χ1n) is 6.94. The molecule has 1 atom stereocenters. The number of fused-ring (bicyclic) bond motifs is 1. The van der Waals surface area contributed by atoms with E-state index in [9.17, 15) is 13.2 Å². The van der Waals surface area contributed by atoms with E-state index in [1.807, 2.05) is 11.4 Å². The number of carbonyl (C=O) groups is 1. The highest BCUT2D eigenvalue weighted by molar-refractivity contribution is 7.89. The van der Waals surface area contributed by atoms with Crippen molar-refractivity contribution in [3.8, 4) is 0 Å². The van der Waals surface area contributed by atoms with Gasteiger partial charge in [0.2, 0.25) is 15.9 Å². The Morgan fingerprint density at radius 1 is 1.45 bits per heavy atom. The Morgan fingerprint density at radius 3 is 2.95 bits per heavy atom. The third kappa shape index (κ3) is 2.62. The van der Waals surface area contributed by atoms with Crippen molar-refractivity contribution in [2.24, 2.45) is 5.92 Å². The topological polar surface area (TPSA) is 70.6 Å². The molecule has 1 fully saturated rings. The molecule has 2 aromatic rings. The second-order valence-electron chi connectivity index (χ2n) is 5.56. The molecule has 3 heterocycles. The Hall–Kier alpha value is -1.51. The minimum Gasteiger partial charge on any atom is -0.349 e. The standard InChI is InChI=1S/C14H17N3O3S2/c1-16(2)14(18)10-3-5-17(9-10)22(19,20)11-7-13-12(15-8-11)4-6-21-13/h4,6-8,10H,3,5,9H2,1-2H3. The molecular weight excluding hydrogens is 322 g/mol. The fraction of sp³-hybridized carbons (Fsp3) is 0.429. The predicted molar refractivity (Wildman–Crippen MR) is 85.2 cm³/mol. The van der Waals surface area contributed by atoms with E-state index in [0.29, 0.717) is 13.0 Å². The van der Waals surface area contributed by atoms with Crippen molar-refractivity contribution in [1.29, 1.82) is 0 Å². The number of carbonyl (C=O) groups excluding carboxylic acids is 1. The highest BCUT2D eigenvalue weighted by atomic mass is 32.2. The lowest BCUT2D eigenvalue weighted by Crippen LogP contribution is -2.34. The van der Waals surface area contributed by atoms with Gasteiger partial charge in [0.25, 0.3) is 0 Å². The number of pyridine rings is 1. The molecule has 1 aliphatic heterocycles. The number of rotatable bonds is 3. The highest BCUT2D eigenvalue weighted by Crippen LogP contribution is 2.27. The first-order chi connectivity index (χ1) is 10.4. The molecule has 2 aromatic heterocycles. The van der Waals surface area contributed by atoms with Crippen LogP contribution in [0.25, 0.3) is 10.2 Å². The van der Waals surface area contributed by atoms with E-state index in [-0.39, 0.29) is 23.3 Å². The number of hydrogen-bond acceptors (Lipinski definition) is 5. The van der Waals surface area contributed by atoms with Gasteiger partial charge in [0.15, 0.2) is 0 Å². The lowest BCUT2D eigenvalue weighted by molar-refractivity contribution is -0.132. The summed E-state index contributed by atoms with van der Waals surface area (Å²) in [6, 6.07) is 3.52. The molecule has 0 N–H and O–H groups in total. The smallest absolute Gasteiger partial charge is 0.244 e. The van der Waals surface area contributed by atoms with Gasteiger partial charge in [-0.15, -0.1) is 11.3 Å². The number of hydrogen-bond donors (Lipinski definition) is 0. The minimum atomic E-state index is -3.59. The van der Waals surface area contributed by atoms with Crippen LogP contribution in [0.3, 0.4) is 0 Å². The van der Waals surface area contributed by atoms with Crippen molar-refractivity contribution < 1.29 is 13.2 Å². The normalized spacial score (nSPS) is 19.6. The van der Waals surface area contributed by atoms with Gasteiger partial charge in [0, 0.05) is 33.4 Å². The van der Waals surface area contributed by atoms with E-state index < -0.39 is 10.0 Å². The fourth-order valence-corrected chi connectivity index (χ4v) is 4.96. The van der Waals surface area contributed by atoms with E-state index >= 15 is 0 Å². The number of nitrogens with zero attached hydrogens (tertiary/aromatic N) is 3. The lowest BCUT2D eigenvalue weighted by Gasteiger charge is -2.18. The molecule has 0 spiro atoms. The monoisotopic (exact) mass is 339 g/mol. The second kappa shape index (κ2) is 5.60. The Morgan fingerprint density at radius 2 is 2.23 bits per heavy atom. The first kappa shape index (κ1) is 15.4. The molecular formula is C14H17N3O3S2. The maximum atomic E-state index is 12.7. The van der Waals surface area contributed by atoms with Gasteiger partial charge in [0.1, 0.15) is 4.90 Å². The summed E-state index contributed by atoms with van der Waals surface area (Å²) in [5.41, 5.74) is 0.797. The molecule has 0 aromatic carbocycles. The van der Waals surface area contributed by atoms with Gasteiger partial charge in [0.05, 0.1) is 16.1 Å². The first-order valence-corrected chi connectivity index (χ1v) is 9.26. The molecule has 0 radical (unpaired) electrons. The summed E-state index contributed by atoms with van der Waals surface area (Å²) in [4.78, 5) is 17.9. The van der Waals surface area contributed by atoms with Gasteiger partial charge < -0.3 is 4.90 Å². The molecule has 1 aliphatic rings. The summed E-state index contributed by atoms with van der Waals surface area (Å²) in [6.07, 6.45) is 1.95. The zero-order chi connectivity index (χ0) is 15.9. The van der Waals surface area contributed by atoms with Crippen LogP contribution < -0.4 is 0 Å². The van der Waals surface area contributed by atoms with Crippen molar-refractivity contribution in [2.75, 3.05) is 27.2 Å². The summed E-state index contributed by atoms with van der Waals surface area (Å²) in [5.74, 6) is -0.285. The molecule has 3 rings (SSSR count). The molecule has 0 saturated carbocycles. The average molecular weight is 339 g/mol. The molecule has 0 bridgehead atoms. The van der Waals surface area contributed by atoms with Crippen LogP contribution >= 0.6 is 11.3 Å². The molecule has 22 heavy (non-hydrogen) atoms. The van der Waals surface area contributed by atoms with Gasteiger partial charge in [-0.3, -0.25) is 9.78 Å². The second-order valence-corrected chi connectivity index (χ2v) is 8.44. The van der Waals surface area contributed by atoms with Gasteiger partial charge in [-0.05, 0) is 23.9 Å². The predicted octanol–water partition coefficient (Wildman–Crippen LogP) is 1.40. The Labute approximate surface area is 133 Å². The maximum absolute atomic E-state index is 12.7. The Bertz CT molecular complexity index is 814. The third-order valence-electron chi connectivity index (χ3n) is 3.86. The molecule has 1 saturated heterocycles. The molecule has 1 amide bonds. The highest BCUT2D eigenvalue weighted by Gasteiger charge is 2.36. The van der Waals surface area contributed by atoms with Gasteiger partial charge in [-0.25, -0.2) is 8.42 Å². The number of thiophene rings is 1. The number of sulfonamides is 1. The van der Waals surface area contributed by atoms with E-state index in [4.69, 9.17) is 0 Å². The van der Waals surface area contributed by atoms with E-state index in [2.05, 4.69) is 4.98 Å². The third-order valence-corrected chi connectivity index (χ3v) is 6.54. The molecule has 0 aliphatic carbocycles. The summed E-state index contributed by atoms with van der Waals surface area (Å²) in [5, 5.41) is 1.88. The van der Waals surface area contributed by atoms with Crippen molar-refractivity contribution in [3.05, 3.63) is 23.7 Å². The number of aromatic nitrogens is 1. The maximum Gasteiger partial charge on any atom is 0.244 e. The van der Waals surface area contributed by atoms with Crippen LogP contribution in [-0.4, -0.2) is 55.7 Å². The van der Waals surface area contributed by atoms with Crippen molar-refractivity contribution >= 4 is 37.5 Å². The van der Waals surface area contributed by atoms with Crippen LogP contribution in [-0.2, 0) is 14.8 Å². The molecule has 1 unspecified atom stereocenters. The van der Waals surface area contributed by atoms with E-state index in [0.717, 1.165) is 10.2 Å². The largest absolute Gasteiger partial charge is 0.349 e. The van der Waals surface area contributed by atoms with Crippen molar-refractivity contribution in [1.82, 2.24) is 14.2 Å². The van der Waals surface area contributed by atoms with Crippen LogP contribution in [0.4, 0.5) is 0 Å². The van der Waals surface area contributed by atoms with Crippen LogP contribution in [0.5, 0.6) is 0 Å². The summed E-state index contributed by atoms with van der Waals surface area (Å²) in [6.45, 7) is 0.608. The van der Waals surface area contributed by atoms with Crippen LogP contribution in [0.1, 0.15) is 6.42 Å². The van der Waals surface area contributed by atoms with Gasteiger partial charge >= 0.3 is 0 Å². The minimum absolute atomic E-state index is 0.0236. The zero-order valence-corrected chi connectivity index (χ0v) is 14.0. The molecule has 6 nitrogen and oxygen atoms in total. The van der Waals surface area contributed by atoms with Crippen LogP contribution in [0.2, 0.25) is 0 Å². The summed E-state index contributed by atoms with van der Waals surface area (Å²) >= 11 is 1.46. The summed E-state index contributed by atoms with van der Waals surface area (Å²) in [7, 11) is -0.216. The average Bonchev–Trinajstić information content (AvgIpc) is 3.14. The van der Waals surface area contributed by atoms with Crippen molar-refractivity contribution in [3.63, 3.8) is 0 Å². The van der Waals surface area contributed by atoms with Crippen LogP contribution in [0, 0.1) is 5.92 Å². The quantitative estimate of drug-likeness (QED) is 0.847.